The standard InChI is InChI=1S/C14H15N3O4S/c18-17(19)13-4-3-12(14-11(13)2-1-6-15-14)16-8-10-5-7-22(20,21)9-10/h1-4,6,10,16H,5,7-9H2. The van der Waals surface area contributed by atoms with Crippen LogP contribution in [0.3, 0.4) is 0 Å². The second-order valence-corrected chi connectivity index (χ2v) is 7.67. The van der Waals surface area contributed by atoms with Crippen LogP contribution in [0.1, 0.15) is 6.42 Å². The average Bonchev–Trinajstić information content (AvgIpc) is 2.83. The monoisotopic (exact) mass is 321 g/mol. The Kier molecular flexibility index (Phi) is 3.69. The van der Waals surface area contributed by atoms with E-state index in [1.807, 2.05) is 0 Å². The van der Waals surface area contributed by atoms with Crippen molar-refractivity contribution in [3.05, 3.63) is 40.6 Å². The minimum absolute atomic E-state index is 0.0112. The number of hydrogen-bond donors (Lipinski definition) is 1. The van der Waals surface area contributed by atoms with Crippen molar-refractivity contribution in [2.75, 3.05) is 23.4 Å². The highest BCUT2D eigenvalue weighted by molar-refractivity contribution is 7.91. The third-order valence-corrected chi connectivity index (χ3v) is 5.69. The summed E-state index contributed by atoms with van der Waals surface area (Å²) in [7, 11) is -2.91. The molecule has 2 heterocycles. The van der Waals surface area contributed by atoms with E-state index in [4.69, 9.17) is 0 Å². The number of nitro groups is 1. The Morgan fingerprint density at radius 3 is 2.86 bits per heavy atom. The second-order valence-electron chi connectivity index (χ2n) is 5.44. The van der Waals surface area contributed by atoms with Gasteiger partial charge in [-0.25, -0.2) is 8.42 Å². The number of pyridine rings is 1. The zero-order valence-corrected chi connectivity index (χ0v) is 12.5. The first-order valence-corrected chi connectivity index (χ1v) is 8.75. The summed E-state index contributed by atoms with van der Waals surface area (Å²) in [6.07, 6.45) is 2.23. The molecule has 22 heavy (non-hydrogen) atoms. The third kappa shape index (κ3) is 2.87. The SMILES string of the molecule is O=[N+]([O-])c1ccc(NCC2CCS(=O)(=O)C2)c2ncccc12. The lowest BCUT2D eigenvalue weighted by molar-refractivity contribution is -0.383. The summed E-state index contributed by atoms with van der Waals surface area (Å²) in [6.45, 7) is 0.517. The largest absolute Gasteiger partial charge is 0.383 e. The van der Waals surface area contributed by atoms with Gasteiger partial charge in [0.05, 0.1) is 27.5 Å². The summed E-state index contributed by atoms with van der Waals surface area (Å²) in [5.74, 6) is 0.496. The van der Waals surface area contributed by atoms with E-state index in [2.05, 4.69) is 10.3 Å². The quantitative estimate of drug-likeness (QED) is 0.682. The Bertz CT molecular complexity index is 835. The van der Waals surface area contributed by atoms with Crippen molar-refractivity contribution in [1.82, 2.24) is 4.98 Å². The fourth-order valence-corrected chi connectivity index (χ4v) is 4.61. The highest BCUT2D eigenvalue weighted by Crippen LogP contribution is 2.30. The third-order valence-electron chi connectivity index (χ3n) is 3.85. The van der Waals surface area contributed by atoms with Crippen molar-refractivity contribution in [3.63, 3.8) is 0 Å². The number of non-ortho nitro benzene ring substituents is 1. The molecular weight excluding hydrogens is 306 g/mol. The highest BCUT2D eigenvalue weighted by atomic mass is 32.2. The Morgan fingerprint density at radius 1 is 1.36 bits per heavy atom. The van der Waals surface area contributed by atoms with E-state index in [1.54, 1.807) is 24.4 Å². The molecule has 1 aliphatic heterocycles. The number of nitrogens with one attached hydrogen (secondary N) is 1. The molecule has 1 aliphatic rings. The van der Waals surface area contributed by atoms with E-state index in [9.17, 15) is 18.5 Å². The summed E-state index contributed by atoms with van der Waals surface area (Å²) >= 11 is 0. The molecule has 1 saturated heterocycles. The van der Waals surface area contributed by atoms with E-state index in [0.29, 0.717) is 29.6 Å². The van der Waals surface area contributed by atoms with Crippen LogP contribution in [0.5, 0.6) is 0 Å². The summed E-state index contributed by atoms with van der Waals surface area (Å²) in [5, 5.41) is 14.7. The number of hydrogen-bond acceptors (Lipinski definition) is 6. The molecule has 1 atom stereocenters. The van der Waals surface area contributed by atoms with Gasteiger partial charge in [-0.1, -0.05) is 0 Å². The lowest BCUT2D eigenvalue weighted by Crippen LogP contribution is -2.16. The fourth-order valence-electron chi connectivity index (χ4n) is 2.75. The topological polar surface area (TPSA) is 102 Å². The summed E-state index contributed by atoms with van der Waals surface area (Å²) in [5.41, 5.74) is 1.22. The molecule has 8 heteroatoms. The maximum Gasteiger partial charge on any atom is 0.278 e. The fraction of sp³-hybridized carbons (Fsp3) is 0.357. The molecule has 0 radical (unpaired) electrons. The first-order chi connectivity index (χ1) is 10.5. The predicted molar refractivity (Wildman–Crippen MR) is 83.6 cm³/mol. The Balaban J connectivity index is 1.86. The molecule has 0 bridgehead atoms. The number of nitro benzene ring substituents is 1. The number of fused-ring (bicyclic) bond motifs is 1. The number of sulfone groups is 1. The van der Waals surface area contributed by atoms with Gasteiger partial charge in [0, 0.05) is 18.8 Å². The van der Waals surface area contributed by atoms with E-state index in [-0.39, 0.29) is 23.1 Å². The first kappa shape index (κ1) is 14.7. The predicted octanol–water partition coefficient (Wildman–Crippen LogP) is 1.99. The molecule has 1 unspecified atom stereocenters. The van der Waals surface area contributed by atoms with Crippen LogP contribution in [-0.4, -0.2) is 36.4 Å². The van der Waals surface area contributed by atoms with Crippen molar-refractivity contribution in [2.24, 2.45) is 5.92 Å². The van der Waals surface area contributed by atoms with Crippen molar-refractivity contribution in [1.29, 1.82) is 0 Å². The van der Waals surface area contributed by atoms with Crippen LogP contribution in [0.2, 0.25) is 0 Å². The van der Waals surface area contributed by atoms with Crippen LogP contribution in [0.4, 0.5) is 11.4 Å². The number of nitrogens with zero attached hydrogens (tertiary/aromatic N) is 2. The number of anilines is 1. The molecule has 1 N–H and O–H groups in total. The van der Waals surface area contributed by atoms with E-state index >= 15 is 0 Å². The van der Waals surface area contributed by atoms with Crippen LogP contribution < -0.4 is 5.32 Å². The molecule has 0 amide bonds. The van der Waals surface area contributed by atoms with Crippen molar-refractivity contribution in [3.8, 4) is 0 Å². The Morgan fingerprint density at radius 2 is 2.18 bits per heavy atom. The molecule has 2 aromatic rings. The molecule has 0 spiro atoms. The van der Waals surface area contributed by atoms with Crippen LogP contribution in [-0.2, 0) is 9.84 Å². The maximum absolute atomic E-state index is 11.5. The minimum Gasteiger partial charge on any atom is -0.383 e. The Labute approximate surface area is 127 Å². The molecule has 1 aromatic carbocycles. The van der Waals surface area contributed by atoms with Gasteiger partial charge < -0.3 is 5.32 Å². The number of benzene rings is 1. The molecule has 0 saturated carbocycles. The molecule has 7 nitrogen and oxygen atoms in total. The van der Waals surface area contributed by atoms with Crippen LogP contribution in [0, 0.1) is 16.0 Å². The molecular formula is C14H15N3O4S. The van der Waals surface area contributed by atoms with Crippen molar-refractivity contribution < 1.29 is 13.3 Å². The van der Waals surface area contributed by atoms with Gasteiger partial charge in [0.15, 0.2) is 9.84 Å². The lowest BCUT2D eigenvalue weighted by Gasteiger charge is -2.12. The molecule has 0 aliphatic carbocycles. The van der Waals surface area contributed by atoms with Gasteiger partial charge in [0.1, 0.15) is 5.52 Å². The lowest BCUT2D eigenvalue weighted by atomic mass is 10.1. The van der Waals surface area contributed by atoms with Crippen molar-refractivity contribution in [2.45, 2.75) is 6.42 Å². The van der Waals surface area contributed by atoms with Crippen molar-refractivity contribution >= 4 is 32.1 Å². The Hall–Kier alpha value is -2.22. The molecule has 1 fully saturated rings. The van der Waals surface area contributed by atoms with Gasteiger partial charge in [-0.05, 0) is 30.5 Å². The molecule has 116 valence electrons. The van der Waals surface area contributed by atoms with Gasteiger partial charge in [-0.2, -0.15) is 0 Å². The first-order valence-electron chi connectivity index (χ1n) is 6.93. The maximum atomic E-state index is 11.5. The summed E-state index contributed by atoms with van der Waals surface area (Å²) in [6, 6.07) is 6.38. The van der Waals surface area contributed by atoms with Gasteiger partial charge in [-0.15, -0.1) is 0 Å². The van der Waals surface area contributed by atoms with Crippen LogP contribution in [0.15, 0.2) is 30.5 Å². The minimum atomic E-state index is -2.91. The highest BCUT2D eigenvalue weighted by Gasteiger charge is 2.27. The van der Waals surface area contributed by atoms with Gasteiger partial charge in [-0.3, -0.25) is 15.1 Å². The van der Waals surface area contributed by atoms with E-state index < -0.39 is 14.8 Å². The number of aromatic nitrogens is 1. The van der Waals surface area contributed by atoms with Crippen LogP contribution >= 0.6 is 0 Å². The molecule has 3 rings (SSSR count). The zero-order chi connectivity index (χ0) is 15.7. The van der Waals surface area contributed by atoms with Crippen LogP contribution in [0.25, 0.3) is 10.9 Å². The second kappa shape index (κ2) is 5.53. The summed E-state index contributed by atoms with van der Waals surface area (Å²) in [4.78, 5) is 14.8. The average molecular weight is 321 g/mol. The van der Waals surface area contributed by atoms with Gasteiger partial charge >= 0.3 is 0 Å². The summed E-state index contributed by atoms with van der Waals surface area (Å²) < 4.78 is 22.9. The number of rotatable bonds is 4. The smallest absolute Gasteiger partial charge is 0.278 e. The molecule has 1 aromatic heterocycles. The van der Waals surface area contributed by atoms with Gasteiger partial charge in [0.25, 0.3) is 5.69 Å². The zero-order valence-electron chi connectivity index (χ0n) is 11.7. The van der Waals surface area contributed by atoms with E-state index in [0.717, 1.165) is 0 Å². The normalized spacial score (nSPS) is 20.1. The van der Waals surface area contributed by atoms with Gasteiger partial charge in [0.2, 0.25) is 0 Å². The van der Waals surface area contributed by atoms with E-state index in [1.165, 1.54) is 6.07 Å².